The Kier molecular flexibility index (Phi) is 7.70. The number of thioether (sulfide) groups is 1. The summed E-state index contributed by atoms with van der Waals surface area (Å²) in [5.74, 6) is 0.299. The van der Waals surface area contributed by atoms with Crippen LogP contribution in [0.15, 0.2) is 83.8 Å². The Morgan fingerprint density at radius 2 is 1.46 bits per heavy atom. The SMILES string of the molecule is O=C(CSc1cccc(NC(=S)Nc2ccccc2)c1)Nc1ccc(I)cc1. The van der Waals surface area contributed by atoms with Crippen molar-refractivity contribution >= 4 is 74.7 Å². The number of thiocarbonyl (C=S) groups is 1. The van der Waals surface area contributed by atoms with E-state index in [2.05, 4.69) is 38.5 Å². The van der Waals surface area contributed by atoms with Crippen molar-refractivity contribution in [3.8, 4) is 0 Å². The summed E-state index contributed by atoms with van der Waals surface area (Å²) in [6, 6.07) is 25.3. The third kappa shape index (κ3) is 6.81. The highest BCUT2D eigenvalue weighted by Crippen LogP contribution is 2.22. The summed E-state index contributed by atoms with van der Waals surface area (Å²) in [5, 5.41) is 9.73. The summed E-state index contributed by atoms with van der Waals surface area (Å²) in [6.07, 6.45) is 0. The first-order valence-corrected chi connectivity index (χ1v) is 11.0. The highest BCUT2D eigenvalue weighted by atomic mass is 127. The number of carbonyl (C=O) groups is 1. The molecule has 0 aromatic heterocycles. The van der Waals surface area contributed by atoms with Gasteiger partial charge in [-0.1, -0.05) is 24.3 Å². The molecule has 1 amide bonds. The standard InChI is InChI=1S/C21H18IN3OS2/c22-15-9-11-17(12-10-15)23-20(26)14-28-19-8-4-7-18(13-19)25-21(27)24-16-5-2-1-3-6-16/h1-13H,14H2,(H,23,26)(H2,24,25,27). The van der Waals surface area contributed by atoms with Crippen LogP contribution in [-0.2, 0) is 4.79 Å². The molecule has 3 N–H and O–H groups in total. The predicted octanol–water partition coefficient (Wildman–Crippen LogP) is 5.83. The monoisotopic (exact) mass is 519 g/mol. The van der Waals surface area contributed by atoms with E-state index in [-0.39, 0.29) is 5.91 Å². The van der Waals surface area contributed by atoms with Gasteiger partial charge in [0.15, 0.2) is 5.11 Å². The molecule has 0 atom stereocenters. The molecule has 3 aromatic carbocycles. The number of hydrogen-bond acceptors (Lipinski definition) is 3. The molecule has 0 unspecified atom stereocenters. The molecule has 0 saturated carbocycles. The Morgan fingerprint density at radius 3 is 2.21 bits per heavy atom. The molecular formula is C21H18IN3OS2. The van der Waals surface area contributed by atoms with Gasteiger partial charge in [0.2, 0.25) is 5.91 Å². The molecule has 28 heavy (non-hydrogen) atoms. The van der Waals surface area contributed by atoms with E-state index < -0.39 is 0 Å². The number of carbonyl (C=O) groups excluding carboxylic acids is 1. The zero-order valence-electron chi connectivity index (χ0n) is 14.8. The van der Waals surface area contributed by atoms with Gasteiger partial charge in [0.1, 0.15) is 0 Å². The summed E-state index contributed by atoms with van der Waals surface area (Å²) in [7, 11) is 0. The number of halogens is 1. The number of hydrogen-bond donors (Lipinski definition) is 3. The summed E-state index contributed by atoms with van der Waals surface area (Å²) in [6.45, 7) is 0. The number of nitrogens with one attached hydrogen (secondary N) is 3. The minimum atomic E-state index is -0.0363. The van der Waals surface area contributed by atoms with Gasteiger partial charge in [-0.05, 0) is 89.4 Å². The van der Waals surface area contributed by atoms with Gasteiger partial charge in [-0.25, -0.2) is 0 Å². The van der Waals surface area contributed by atoms with E-state index in [4.69, 9.17) is 12.2 Å². The molecule has 0 aliphatic carbocycles. The zero-order valence-corrected chi connectivity index (χ0v) is 18.6. The summed E-state index contributed by atoms with van der Waals surface area (Å²) < 4.78 is 1.13. The van der Waals surface area contributed by atoms with Gasteiger partial charge in [-0.15, -0.1) is 11.8 Å². The highest BCUT2D eigenvalue weighted by Gasteiger charge is 2.05. The van der Waals surface area contributed by atoms with E-state index in [1.54, 1.807) is 0 Å². The maximum atomic E-state index is 12.2. The molecule has 0 aliphatic rings. The Morgan fingerprint density at radius 1 is 0.821 bits per heavy atom. The van der Waals surface area contributed by atoms with Gasteiger partial charge in [0, 0.05) is 25.5 Å². The van der Waals surface area contributed by atoms with Crippen molar-refractivity contribution in [1.82, 2.24) is 0 Å². The van der Waals surface area contributed by atoms with Crippen LogP contribution >= 0.6 is 46.6 Å². The number of anilines is 3. The Hall–Kier alpha value is -2.10. The molecule has 142 valence electrons. The Bertz CT molecular complexity index is 949. The van der Waals surface area contributed by atoms with Gasteiger partial charge in [0.25, 0.3) is 0 Å². The van der Waals surface area contributed by atoms with Crippen LogP contribution < -0.4 is 16.0 Å². The van der Waals surface area contributed by atoms with Gasteiger partial charge >= 0.3 is 0 Å². The maximum Gasteiger partial charge on any atom is 0.234 e. The topological polar surface area (TPSA) is 53.2 Å². The number of amides is 1. The van der Waals surface area contributed by atoms with E-state index in [0.29, 0.717) is 10.9 Å². The Labute approximate surface area is 187 Å². The average molecular weight is 519 g/mol. The van der Waals surface area contributed by atoms with Crippen molar-refractivity contribution in [2.45, 2.75) is 4.90 Å². The first-order valence-electron chi connectivity index (χ1n) is 8.50. The normalized spacial score (nSPS) is 10.2. The third-order valence-electron chi connectivity index (χ3n) is 3.62. The van der Waals surface area contributed by atoms with E-state index in [1.165, 1.54) is 11.8 Å². The second-order valence-corrected chi connectivity index (χ2v) is 8.52. The summed E-state index contributed by atoms with van der Waals surface area (Å²) >= 11 is 9.07. The van der Waals surface area contributed by atoms with Gasteiger partial charge in [-0.3, -0.25) is 4.79 Å². The highest BCUT2D eigenvalue weighted by molar-refractivity contribution is 14.1. The largest absolute Gasteiger partial charge is 0.332 e. The minimum Gasteiger partial charge on any atom is -0.332 e. The lowest BCUT2D eigenvalue weighted by molar-refractivity contribution is -0.113. The first-order chi connectivity index (χ1) is 13.6. The van der Waals surface area contributed by atoms with Crippen molar-refractivity contribution in [1.29, 1.82) is 0 Å². The molecule has 3 rings (SSSR count). The van der Waals surface area contributed by atoms with E-state index in [9.17, 15) is 4.79 Å². The molecule has 0 bridgehead atoms. The predicted molar refractivity (Wildman–Crippen MR) is 131 cm³/mol. The molecule has 0 radical (unpaired) electrons. The molecule has 0 fully saturated rings. The number of benzene rings is 3. The minimum absolute atomic E-state index is 0.0363. The molecule has 0 heterocycles. The van der Waals surface area contributed by atoms with Crippen molar-refractivity contribution in [2.24, 2.45) is 0 Å². The van der Waals surface area contributed by atoms with Gasteiger partial charge in [0.05, 0.1) is 5.75 Å². The Balaban J connectivity index is 1.50. The molecule has 4 nitrogen and oxygen atoms in total. The molecule has 7 heteroatoms. The second kappa shape index (κ2) is 10.4. The average Bonchev–Trinajstić information content (AvgIpc) is 2.69. The summed E-state index contributed by atoms with van der Waals surface area (Å²) in [4.78, 5) is 13.1. The molecule has 0 spiro atoms. The van der Waals surface area contributed by atoms with Crippen LogP contribution in [0.3, 0.4) is 0 Å². The van der Waals surface area contributed by atoms with E-state index in [0.717, 1.165) is 25.5 Å². The van der Waals surface area contributed by atoms with Crippen molar-refractivity contribution in [3.63, 3.8) is 0 Å². The zero-order chi connectivity index (χ0) is 19.8. The van der Waals surface area contributed by atoms with Gasteiger partial charge in [-0.2, -0.15) is 0 Å². The van der Waals surface area contributed by atoms with E-state index in [1.807, 2.05) is 78.9 Å². The molecular weight excluding hydrogens is 501 g/mol. The fourth-order valence-electron chi connectivity index (χ4n) is 2.36. The second-order valence-electron chi connectivity index (χ2n) is 5.82. The number of para-hydroxylation sites is 1. The number of rotatable bonds is 6. The van der Waals surface area contributed by atoms with Gasteiger partial charge < -0.3 is 16.0 Å². The molecule has 3 aromatic rings. The fourth-order valence-corrected chi connectivity index (χ4v) is 3.71. The van der Waals surface area contributed by atoms with Crippen LogP contribution in [0.2, 0.25) is 0 Å². The van der Waals surface area contributed by atoms with Crippen molar-refractivity contribution in [3.05, 3.63) is 82.4 Å². The molecule has 0 aliphatic heterocycles. The van der Waals surface area contributed by atoms with Crippen LogP contribution in [0.5, 0.6) is 0 Å². The van der Waals surface area contributed by atoms with Crippen LogP contribution in [-0.4, -0.2) is 16.8 Å². The van der Waals surface area contributed by atoms with Crippen molar-refractivity contribution in [2.75, 3.05) is 21.7 Å². The van der Waals surface area contributed by atoms with Crippen LogP contribution in [0.25, 0.3) is 0 Å². The maximum absolute atomic E-state index is 12.2. The van der Waals surface area contributed by atoms with Crippen molar-refractivity contribution < 1.29 is 4.79 Å². The smallest absolute Gasteiger partial charge is 0.234 e. The van der Waals surface area contributed by atoms with Crippen LogP contribution in [0, 0.1) is 3.57 Å². The lowest BCUT2D eigenvalue weighted by Gasteiger charge is -2.11. The summed E-state index contributed by atoms with van der Waals surface area (Å²) in [5.41, 5.74) is 2.60. The molecule has 0 saturated heterocycles. The first kappa shape index (κ1) is 20.6. The quantitative estimate of drug-likeness (QED) is 0.217. The van der Waals surface area contributed by atoms with Crippen LogP contribution in [0.1, 0.15) is 0 Å². The lowest BCUT2D eigenvalue weighted by Crippen LogP contribution is -2.19. The fraction of sp³-hybridized carbons (Fsp3) is 0.0476. The lowest BCUT2D eigenvalue weighted by atomic mass is 10.3. The third-order valence-corrected chi connectivity index (χ3v) is 5.54. The van der Waals surface area contributed by atoms with Crippen LogP contribution in [0.4, 0.5) is 17.1 Å². The van der Waals surface area contributed by atoms with E-state index >= 15 is 0 Å².